The Morgan fingerprint density at radius 3 is 2.23 bits per heavy atom. The summed E-state index contributed by atoms with van der Waals surface area (Å²) in [5, 5.41) is 0. The molecular formula is C11H19NO. The van der Waals surface area contributed by atoms with Crippen LogP contribution >= 0.6 is 0 Å². The maximum Gasteiger partial charge on any atom is 0.221 e. The highest BCUT2D eigenvalue weighted by atomic mass is 16.1. The van der Waals surface area contributed by atoms with Gasteiger partial charge in [-0.05, 0) is 36.0 Å². The third-order valence-corrected chi connectivity index (χ3v) is 5.14. The second kappa shape index (κ2) is 2.28. The zero-order valence-corrected chi connectivity index (χ0v) is 8.76. The van der Waals surface area contributed by atoms with Gasteiger partial charge < -0.3 is 5.73 Å². The molecule has 0 aliphatic heterocycles. The first-order valence-corrected chi connectivity index (χ1v) is 5.19. The van der Waals surface area contributed by atoms with Gasteiger partial charge in [-0.2, -0.15) is 0 Å². The molecule has 0 heterocycles. The fourth-order valence-electron chi connectivity index (χ4n) is 3.63. The van der Waals surface area contributed by atoms with Crippen LogP contribution in [0.15, 0.2) is 0 Å². The second-order valence-corrected chi connectivity index (χ2v) is 5.57. The van der Waals surface area contributed by atoms with Gasteiger partial charge in [-0.25, -0.2) is 0 Å². The van der Waals surface area contributed by atoms with Crippen LogP contribution in [0.3, 0.4) is 0 Å². The third kappa shape index (κ3) is 0.866. The molecule has 13 heavy (non-hydrogen) atoms. The van der Waals surface area contributed by atoms with Crippen LogP contribution in [0.5, 0.6) is 0 Å². The second-order valence-electron chi connectivity index (χ2n) is 5.57. The summed E-state index contributed by atoms with van der Waals surface area (Å²) in [5.74, 6) is 0.758. The molecule has 2 rings (SSSR count). The summed E-state index contributed by atoms with van der Waals surface area (Å²) in [4.78, 5) is 11.3. The quantitative estimate of drug-likeness (QED) is 0.660. The Bertz CT molecular complexity index is 259. The standard InChI is InChI=1S/C11H19NO/c1-10(2)7-4-5-11(10,3)8(6-7)9(12)13/h7-8H,4-6H2,1-3H3,(H2,12,13)/t7?,8-,11?/m1/s1. The van der Waals surface area contributed by atoms with E-state index < -0.39 is 0 Å². The topological polar surface area (TPSA) is 43.1 Å². The lowest BCUT2D eigenvalue weighted by Crippen LogP contribution is -2.39. The highest BCUT2D eigenvalue weighted by Gasteiger charge is 2.62. The Labute approximate surface area is 79.9 Å². The van der Waals surface area contributed by atoms with E-state index in [1.54, 1.807) is 0 Å². The van der Waals surface area contributed by atoms with Crippen molar-refractivity contribution in [2.45, 2.75) is 40.0 Å². The molecule has 2 fully saturated rings. The van der Waals surface area contributed by atoms with Crippen molar-refractivity contribution in [3.63, 3.8) is 0 Å². The SMILES string of the molecule is CC1(C)C2CCC1(C)[C@@H](C(N)=O)C2. The fourth-order valence-corrected chi connectivity index (χ4v) is 3.63. The average Bonchev–Trinajstić information content (AvgIpc) is 2.34. The number of hydrogen-bond donors (Lipinski definition) is 1. The van der Waals surface area contributed by atoms with Crippen molar-refractivity contribution in [1.82, 2.24) is 0 Å². The number of primary amides is 1. The number of nitrogens with two attached hydrogens (primary N) is 1. The van der Waals surface area contributed by atoms with Crippen LogP contribution in [-0.4, -0.2) is 5.91 Å². The normalized spacial score (nSPS) is 46.7. The highest BCUT2D eigenvalue weighted by molar-refractivity contribution is 5.78. The minimum atomic E-state index is -0.0854. The Balaban J connectivity index is 2.38. The molecule has 2 aliphatic carbocycles. The highest BCUT2D eigenvalue weighted by Crippen LogP contribution is 2.67. The van der Waals surface area contributed by atoms with Crippen molar-refractivity contribution in [1.29, 1.82) is 0 Å². The van der Waals surface area contributed by atoms with Crippen LogP contribution in [-0.2, 0) is 4.79 Å². The molecule has 0 aromatic rings. The first kappa shape index (κ1) is 9.04. The number of carbonyl (C=O) groups excluding carboxylic acids is 1. The number of rotatable bonds is 1. The maximum atomic E-state index is 11.3. The largest absolute Gasteiger partial charge is 0.369 e. The molecule has 2 N–H and O–H groups in total. The van der Waals surface area contributed by atoms with E-state index in [2.05, 4.69) is 20.8 Å². The number of fused-ring (bicyclic) bond motifs is 2. The minimum Gasteiger partial charge on any atom is -0.369 e. The zero-order valence-electron chi connectivity index (χ0n) is 8.76. The van der Waals surface area contributed by atoms with Crippen molar-refractivity contribution in [3.8, 4) is 0 Å². The summed E-state index contributed by atoms with van der Waals surface area (Å²) >= 11 is 0. The summed E-state index contributed by atoms with van der Waals surface area (Å²) in [6.07, 6.45) is 3.49. The van der Waals surface area contributed by atoms with E-state index >= 15 is 0 Å². The van der Waals surface area contributed by atoms with Crippen molar-refractivity contribution in [3.05, 3.63) is 0 Å². The van der Waals surface area contributed by atoms with Crippen molar-refractivity contribution in [2.24, 2.45) is 28.4 Å². The summed E-state index contributed by atoms with van der Waals surface area (Å²) < 4.78 is 0. The Kier molecular flexibility index (Phi) is 1.59. The lowest BCUT2D eigenvalue weighted by molar-refractivity contribution is -0.126. The summed E-state index contributed by atoms with van der Waals surface area (Å²) in [6, 6.07) is 0. The molecule has 0 spiro atoms. The fraction of sp³-hybridized carbons (Fsp3) is 0.909. The van der Waals surface area contributed by atoms with E-state index in [9.17, 15) is 4.79 Å². The Morgan fingerprint density at radius 1 is 1.38 bits per heavy atom. The molecule has 2 saturated carbocycles. The van der Waals surface area contributed by atoms with E-state index in [0.29, 0.717) is 5.41 Å². The first-order valence-electron chi connectivity index (χ1n) is 5.19. The molecule has 0 aromatic carbocycles. The number of amides is 1. The van der Waals surface area contributed by atoms with Gasteiger partial charge in [0.05, 0.1) is 0 Å². The smallest absolute Gasteiger partial charge is 0.221 e. The van der Waals surface area contributed by atoms with Gasteiger partial charge >= 0.3 is 0 Å². The van der Waals surface area contributed by atoms with Crippen molar-refractivity contribution < 1.29 is 4.79 Å². The van der Waals surface area contributed by atoms with Gasteiger partial charge in [0.2, 0.25) is 5.91 Å². The molecule has 0 saturated heterocycles. The zero-order chi connectivity index (χ0) is 9.85. The lowest BCUT2D eigenvalue weighted by Gasteiger charge is -2.37. The van der Waals surface area contributed by atoms with E-state index in [-0.39, 0.29) is 17.2 Å². The molecule has 2 unspecified atom stereocenters. The molecule has 74 valence electrons. The molecule has 2 bridgehead atoms. The third-order valence-electron chi connectivity index (χ3n) is 5.14. The molecule has 0 aromatic heterocycles. The Morgan fingerprint density at radius 2 is 2.00 bits per heavy atom. The van der Waals surface area contributed by atoms with Crippen LogP contribution in [0, 0.1) is 22.7 Å². The number of carbonyl (C=O) groups is 1. The van der Waals surface area contributed by atoms with Crippen LogP contribution < -0.4 is 5.73 Å². The van der Waals surface area contributed by atoms with E-state index in [1.807, 2.05) is 0 Å². The minimum absolute atomic E-state index is 0.0854. The molecule has 3 atom stereocenters. The van der Waals surface area contributed by atoms with Gasteiger partial charge in [-0.1, -0.05) is 20.8 Å². The first-order chi connectivity index (χ1) is 5.89. The van der Waals surface area contributed by atoms with Crippen LogP contribution in [0.2, 0.25) is 0 Å². The van der Waals surface area contributed by atoms with Gasteiger partial charge in [0.1, 0.15) is 0 Å². The monoisotopic (exact) mass is 181 g/mol. The molecule has 2 nitrogen and oxygen atoms in total. The van der Waals surface area contributed by atoms with Crippen molar-refractivity contribution >= 4 is 5.91 Å². The molecule has 1 amide bonds. The van der Waals surface area contributed by atoms with Crippen LogP contribution in [0.4, 0.5) is 0 Å². The molecule has 0 radical (unpaired) electrons. The molecular weight excluding hydrogens is 162 g/mol. The van der Waals surface area contributed by atoms with Crippen LogP contribution in [0.1, 0.15) is 40.0 Å². The van der Waals surface area contributed by atoms with Crippen molar-refractivity contribution in [2.75, 3.05) is 0 Å². The maximum absolute atomic E-state index is 11.3. The summed E-state index contributed by atoms with van der Waals surface area (Å²) in [5.41, 5.74) is 5.93. The van der Waals surface area contributed by atoms with Gasteiger partial charge in [-0.3, -0.25) is 4.79 Å². The van der Waals surface area contributed by atoms with Gasteiger partial charge in [0, 0.05) is 5.92 Å². The van der Waals surface area contributed by atoms with E-state index in [0.717, 1.165) is 12.3 Å². The molecule has 2 aliphatic rings. The predicted molar refractivity (Wildman–Crippen MR) is 51.9 cm³/mol. The summed E-state index contributed by atoms with van der Waals surface area (Å²) in [6.45, 7) is 6.84. The summed E-state index contributed by atoms with van der Waals surface area (Å²) in [7, 11) is 0. The van der Waals surface area contributed by atoms with Gasteiger partial charge in [-0.15, -0.1) is 0 Å². The number of hydrogen-bond acceptors (Lipinski definition) is 1. The molecule has 2 heteroatoms. The average molecular weight is 181 g/mol. The predicted octanol–water partition coefficient (Wildman–Crippen LogP) is 1.93. The Hall–Kier alpha value is -0.530. The van der Waals surface area contributed by atoms with E-state index in [4.69, 9.17) is 5.73 Å². The lowest BCUT2D eigenvalue weighted by atomic mass is 9.66. The van der Waals surface area contributed by atoms with E-state index in [1.165, 1.54) is 12.8 Å². The van der Waals surface area contributed by atoms with Crippen LogP contribution in [0.25, 0.3) is 0 Å². The van der Waals surface area contributed by atoms with Gasteiger partial charge in [0.25, 0.3) is 0 Å². The van der Waals surface area contributed by atoms with Gasteiger partial charge in [0.15, 0.2) is 0 Å².